The zero-order valence-electron chi connectivity index (χ0n) is 16.9. The number of hydrogen-bond donors (Lipinski definition) is 2. The lowest BCUT2D eigenvalue weighted by Crippen LogP contribution is -2.35. The number of aromatic nitrogens is 2. The quantitative estimate of drug-likeness (QED) is 0.647. The first-order chi connectivity index (χ1) is 14.1. The minimum absolute atomic E-state index is 0.0862. The number of amides is 1. The average molecular weight is 393 g/mol. The molecule has 6 nitrogen and oxygen atoms in total. The first kappa shape index (κ1) is 19.5. The summed E-state index contributed by atoms with van der Waals surface area (Å²) in [4.78, 5) is 13.5. The number of aromatic amines is 1. The Kier molecular flexibility index (Phi) is 5.81. The third-order valence-corrected chi connectivity index (χ3v) is 5.66. The largest absolute Gasteiger partial charge is 0.484 e. The Hall–Kier alpha value is -2.86. The van der Waals surface area contributed by atoms with E-state index in [9.17, 15) is 4.79 Å². The Bertz CT molecular complexity index is 997. The standard InChI is InChI=1S/C23H28N4O2/c1-16-4-5-19(11-22(16)29-15-23(24)28)14-27-8-2-3-18(13-27)9-17-6-7-21-20(10-17)12-25-26-21/h4-7,10-12,18H,2-3,8-9,13-15H2,1H3,(H2,24,28)(H,25,26)/t18-/m1/s1. The highest BCUT2D eigenvalue weighted by Crippen LogP contribution is 2.25. The second kappa shape index (κ2) is 8.66. The molecule has 2 aromatic carbocycles. The summed E-state index contributed by atoms with van der Waals surface area (Å²) in [7, 11) is 0. The van der Waals surface area contributed by atoms with Gasteiger partial charge in [-0.3, -0.25) is 14.8 Å². The highest BCUT2D eigenvalue weighted by Gasteiger charge is 2.21. The van der Waals surface area contributed by atoms with Crippen molar-refractivity contribution in [1.29, 1.82) is 0 Å². The normalized spacial score (nSPS) is 17.5. The maximum absolute atomic E-state index is 11.0. The lowest BCUT2D eigenvalue weighted by atomic mass is 9.90. The molecule has 1 saturated heterocycles. The van der Waals surface area contributed by atoms with E-state index in [-0.39, 0.29) is 6.61 Å². The van der Waals surface area contributed by atoms with Gasteiger partial charge >= 0.3 is 0 Å². The van der Waals surface area contributed by atoms with Gasteiger partial charge in [0, 0.05) is 18.5 Å². The van der Waals surface area contributed by atoms with Crippen LogP contribution in [0.4, 0.5) is 0 Å². The number of nitrogens with one attached hydrogen (secondary N) is 1. The molecule has 0 bridgehead atoms. The van der Waals surface area contributed by atoms with E-state index < -0.39 is 5.91 Å². The van der Waals surface area contributed by atoms with Crippen LogP contribution in [0.15, 0.2) is 42.6 Å². The summed E-state index contributed by atoms with van der Waals surface area (Å²) in [5.74, 6) is 0.940. The second-order valence-electron chi connectivity index (χ2n) is 8.09. The molecule has 1 atom stereocenters. The number of nitrogens with two attached hydrogens (primary N) is 1. The number of rotatable bonds is 7. The van der Waals surface area contributed by atoms with Gasteiger partial charge in [-0.1, -0.05) is 18.2 Å². The molecule has 3 N–H and O–H groups in total. The molecule has 2 heterocycles. The van der Waals surface area contributed by atoms with Crippen molar-refractivity contribution >= 4 is 16.8 Å². The van der Waals surface area contributed by atoms with Gasteiger partial charge in [0.1, 0.15) is 5.75 Å². The number of carbonyl (C=O) groups is 1. The molecule has 0 unspecified atom stereocenters. The van der Waals surface area contributed by atoms with Gasteiger partial charge < -0.3 is 10.5 Å². The fourth-order valence-electron chi connectivity index (χ4n) is 4.22. The van der Waals surface area contributed by atoms with Crippen LogP contribution in [0.25, 0.3) is 10.9 Å². The zero-order valence-corrected chi connectivity index (χ0v) is 16.9. The maximum Gasteiger partial charge on any atom is 0.255 e. The van der Waals surface area contributed by atoms with E-state index in [1.807, 2.05) is 25.3 Å². The fourth-order valence-corrected chi connectivity index (χ4v) is 4.22. The molecule has 0 radical (unpaired) electrons. The van der Waals surface area contributed by atoms with Gasteiger partial charge in [-0.2, -0.15) is 5.10 Å². The minimum Gasteiger partial charge on any atom is -0.484 e. The SMILES string of the molecule is Cc1ccc(CN2CCC[C@H](Cc3ccc4[nH]ncc4c3)C2)cc1OCC(N)=O. The Morgan fingerprint density at radius 2 is 2.14 bits per heavy atom. The van der Waals surface area contributed by atoms with Gasteiger partial charge in [-0.05, 0) is 73.5 Å². The summed E-state index contributed by atoms with van der Waals surface area (Å²) in [5.41, 5.74) is 9.89. The highest BCUT2D eigenvalue weighted by atomic mass is 16.5. The molecule has 1 amide bonds. The van der Waals surface area contributed by atoms with Crippen molar-refractivity contribution in [2.75, 3.05) is 19.7 Å². The van der Waals surface area contributed by atoms with Crippen LogP contribution in [0.5, 0.6) is 5.75 Å². The monoisotopic (exact) mass is 392 g/mol. The van der Waals surface area contributed by atoms with Gasteiger partial charge in [-0.15, -0.1) is 0 Å². The van der Waals surface area contributed by atoms with Crippen molar-refractivity contribution in [2.45, 2.75) is 32.7 Å². The van der Waals surface area contributed by atoms with Crippen LogP contribution in [-0.2, 0) is 17.8 Å². The van der Waals surface area contributed by atoms with Crippen LogP contribution in [0.3, 0.4) is 0 Å². The van der Waals surface area contributed by atoms with Crippen LogP contribution in [0.2, 0.25) is 0 Å². The number of benzene rings is 2. The zero-order chi connectivity index (χ0) is 20.2. The number of ether oxygens (including phenoxy) is 1. The molecule has 1 aliphatic heterocycles. The third kappa shape index (κ3) is 4.95. The van der Waals surface area contributed by atoms with Crippen molar-refractivity contribution in [3.8, 4) is 5.75 Å². The molecule has 0 saturated carbocycles. The highest BCUT2D eigenvalue weighted by molar-refractivity contribution is 5.78. The maximum atomic E-state index is 11.0. The molecular weight excluding hydrogens is 364 g/mol. The topological polar surface area (TPSA) is 84.2 Å². The van der Waals surface area contributed by atoms with Crippen molar-refractivity contribution in [3.05, 3.63) is 59.3 Å². The molecule has 1 aliphatic rings. The summed E-state index contributed by atoms with van der Waals surface area (Å²) >= 11 is 0. The summed E-state index contributed by atoms with van der Waals surface area (Å²) in [6, 6.07) is 12.8. The molecular formula is C23H28N4O2. The fraction of sp³-hybridized carbons (Fsp3) is 0.391. The van der Waals surface area contributed by atoms with E-state index in [4.69, 9.17) is 10.5 Å². The molecule has 0 spiro atoms. The van der Waals surface area contributed by atoms with E-state index in [1.165, 1.54) is 29.4 Å². The average Bonchev–Trinajstić information content (AvgIpc) is 3.16. The molecule has 29 heavy (non-hydrogen) atoms. The number of piperidine rings is 1. The van der Waals surface area contributed by atoms with E-state index >= 15 is 0 Å². The number of likely N-dealkylation sites (tertiary alicyclic amines) is 1. The lowest BCUT2D eigenvalue weighted by molar-refractivity contribution is -0.119. The molecule has 1 fully saturated rings. The van der Waals surface area contributed by atoms with Crippen LogP contribution in [0.1, 0.15) is 29.5 Å². The van der Waals surface area contributed by atoms with Gasteiger partial charge in [0.15, 0.2) is 6.61 Å². The van der Waals surface area contributed by atoms with Crippen LogP contribution in [0, 0.1) is 12.8 Å². The van der Waals surface area contributed by atoms with Gasteiger partial charge in [0.05, 0.1) is 11.7 Å². The van der Waals surface area contributed by atoms with Gasteiger partial charge in [0.25, 0.3) is 5.91 Å². The number of fused-ring (bicyclic) bond motifs is 1. The number of carbonyl (C=O) groups excluding carboxylic acids is 1. The number of H-pyrrole nitrogens is 1. The summed E-state index contributed by atoms with van der Waals surface area (Å²) in [6.45, 7) is 4.99. The molecule has 4 rings (SSSR count). The van der Waals surface area contributed by atoms with Crippen molar-refractivity contribution < 1.29 is 9.53 Å². The minimum atomic E-state index is -0.456. The number of hydrogen-bond acceptors (Lipinski definition) is 4. The first-order valence-electron chi connectivity index (χ1n) is 10.2. The van der Waals surface area contributed by atoms with Crippen molar-refractivity contribution in [2.24, 2.45) is 11.7 Å². The molecule has 6 heteroatoms. The van der Waals surface area contributed by atoms with Crippen molar-refractivity contribution in [3.63, 3.8) is 0 Å². The lowest BCUT2D eigenvalue weighted by Gasteiger charge is -2.33. The van der Waals surface area contributed by atoms with Crippen LogP contribution in [-0.4, -0.2) is 40.7 Å². The number of nitrogens with zero attached hydrogens (tertiary/aromatic N) is 2. The number of primary amides is 1. The number of aryl methyl sites for hydroxylation is 1. The Balaban J connectivity index is 1.38. The molecule has 152 valence electrons. The molecule has 1 aromatic heterocycles. The van der Waals surface area contributed by atoms with E-state index in [2.05, 4.69) is 39.4 Å². The van der Waals surface area contributed by atoms with Gasteiger partial charge in [0.2, 0.25) is 0 Å². The van der Waals surface area contributed by atoms with E-state index in [0.717, 1.165) is 42.9 Å². The predicted molar refractivity (Wildman–Crippen MR) is 114 cm³/mol. The van der Waals surface area contributed by atoms with Crippen LogP contribution < -0.4 is 10.5 Å². The Morgan fingerprint density at radius 3 is 3.00 bits per heavy atom. The molecule has 3 aromatic rings. The Labute approximate surface area is 171 Å². The smallest absolute Gasteiger partial charge is 0.255 e. The van der Waals surface area contributed by atoms with Crippen LogP contribution >= 0.6 is 0 Å². The molecule has 0 aliphatic carbocycles. The van der Waals surface area contributed by atoms with Gasteiger partial charge in [-0.25, -0.2) is 0 Å². The first-order valence-corrected chi connectivity index (χ1v) is 10.2. The second-order valence-corrected chi connectivity index (χ2v) is 8.09. The summed E-state index contributed by atoms with van der Waals surface area (Å²) in [6.07, 6.45) is 5.47. The summed E-state index contributed by atoms with van der Waals surface area (Å²) in [5, 5.41) is 8.31. The van der Waals surface area contributed by atoms with E-state index in [1.54, 1.807) is 0 Å². The third-order valence-electron chi connectivity index (χ3n) is 5.66. The van der Waals surface area contributed by atoms with E-state index in [0.29, 0.717) is 5.92 Å². The van der Waals surface area contributed by atoms with Crippen molar-refractivity contribution in [1.82, 2.24) is 15.1 Å². The Morgan fingerprint density at radius 1 is 1.28 bits per heavy atom. The predicted octanol–water partition coefficient (Wildman–Crippen LogP) is 3.19. The summed E-state index contributed by atoms with van der Waals surface area (Å²) < 4.78 is 5.56.